The summed E-state index contributed by atoms with van der Waals surface area (Å²) in [5.41, 5.74) is -0.672. The highest BCUT2D eigenvalue weighted by Gasteiger charge is 2.30. The fourth-order valence-corrected chi connectivity index (χ4v) is 2.32. The first kappa shape index (κ1) is 17.0. The number of anilines is 1. The average Bonchev–Trinajstić information content (AvgIpc) is 2.87. The van der Waals surface area contributed by atoms with Crippen LogP contribution in [0.1, 0.15) is 27.2 Å². The molecule has 1 unspecified atom stereocenters. The monoisotopic (exact) mass is 325 g/mol. The van der Waals surface area contributed by atoms with Crippen LogP contribution in [0.3, 0.4) is 0 Å². The molecule has 1 saturated heterocycles. The van der Waals surface area contributed by atoms with Crippen molar-refractivity contribution >= 4 is 17.5 Å². The van der Waals surface area contributed by atoms with Crippen molar-refractivity contribution in [3.05, 3.63) is 34.1 Å². The Morgan fingerprint density at radius 2 is 2.17 bits per heavy atom. The Balaban J connectivity index is 1.96. The van der Waals surface area contributed by atoms with Crippen LogP contribution in [0.25, 0.3) is 0 Å². The number of hydrogen-bond donors (Lipinski definition) is 1. The van der Waals surface area contributed by atoms with Gasteiger partial charge >= 0.3 is 6.09 Å². The molecule has 23 heavy (non-hydrogen) atoms. The van der Waals surface area contributed by atoms with Crippen LogP contribution in [0.4, 0.5) is 20.6 Å². The van der Waals surface area contributed by atoms with Crippen molar-refractivity contribution in [2.75, 3.05) is 18.4 Å². The lowest BCUT2D eigenvalue weighted by Crippen LogP contribution is -2.36. The predicted octanol–water partition coefficient (Wildman–Crippen LogP) is 3.16. The van der Waals surface area contributed by atoms with Crippen LogP contribution in [0, 0.1) is 15.9 Å². The highest BCUT2D eigenvalue weighted by molar-refractivity contribution is 5.68. The number of ether oxygens (including phenoxy) is 1. The molecule has 1 aliphatic rings. The number of halogens is 1. The van der Waals surface area contributed by atoms with Crippen molar-refractivity contribution < 1.29 is 18.8 Å². The number of hydrogen-bond acceptors (Lipinski definition) is 5. The van der Waals surface area contributed by atoms with Crippen molar-refractivity contribution in [1.29, 1.82) is 0 Å². The molecule has 0 aliphatic carbocycles. The van der Waals surface area contributed by atoms with E-state index in [0.29, 0.717) is 19.5 Å². The van der Waals surface area contributed by atoms with Crippen molar-refractivity contribution in [2.24, 2.45) is 0 Å². The quantitative estimate of drug-likeness (QED) is 0.681. The van der Waals surface area contributed by atoms with Gasteiger partial charge in [-0.2, -0.15) is 0 Å². The van der Waals surface area contributed by atoms with Gasteiger partial charge in [0.2, 0.25) is 0 Å². The summed E-state index contributed by atoms with van der Waals surface area (Å²) < 4.78 is 19.2. The normalized spacial score (nSPS) is 17.9. The molecule has 2 rings (SSSR count). The molecule has 1 fully saturated rings. The molecule has 0 spiro atoms. The molecule has 8 heteroatoms. The molecule has 1 amide bonds. The van der Waals surface area contributed by atoms with Gasteiger partial charge in [0, 0.05) is 25.2 Å². The molecule has 7 nitrogen and oxygen atoms in total. The Morgan fingerprint density at radius 1 is 1.48 bits per heavy atom. The molecular weight excluding hydrogens is 305 g/mol. The van der Waals surface area contributed by atoms with E-state index in [-0.39, 0.29) is 17.4 Å². The molecular formula is C15H20FN3O4. The number of rotatable bonds is 3. The van der Waals surface area contributed by atoms with Gasteiger partial charge in [-0.3, -0.25) is 10.1 Å². The van der Waals surface area contributed by atoms with Gasteiger partial charge in [-0.25, -0.2) is 9.18 Å². The number of nitro groups is 1. The minimum Gasteiger partial charge on any atom is -0.444 e. The summed E-state index contributed by atoms with van der Waals surface area (Å²) in [4.78, 5) is 23.5. The average molecular weight is 325 g/mol. The van der Waals surface area contributed by atoms with Gasteiger partial charge in [-0.05, 0) is 33.3 Å². The predicted molar refractivity (Wildman–Crippen MR) is 82.9 cm³/mol. The molecule has 0 bridgehead atoms. The maximum Gasteiger partial charge on any atom is 0.410 e. The second-order valence-electron chi connectivity index (χ2n) is 6.48. The minimum atomic E-state index is -0.685. The van der Waals surface area contributed by atoms with Crippen molar-refractivity contribution in [2.45, 2.75) is 38.8 Å². The first-order valence-electron chi connectivity index (χ1n) is 7.34. The van der Waals surface area contributed by atoms with E-state index < -0.39 is 22.4 Å². The van der Waals surface area contributed by atoms with Gasteiger partial charge < -0.3 is 15.0 Å². The lowest BCUT2D eigenvalue weighted by atomic mass is 10.2. The van der Waals surface area contributed by atoms with E-state index in [0.717, 1.165) is 6.07 Å². The van der Waals surface area contributed by atoms with Crippen LogP contribution in [0.2, 0.25) is 0 Å². The van der Waals surface area contributed by atoms with Gasteiger partial charge in [0.25, 0.3) is 5.69 Å². The Hall–Kier alpha value is -2.38. The molecule has 1 aromatic rings. The summed E-state index contributed by atoms with van der Waals surface area (Å²) in [5, 5.41) is 13.6. The first-order chi connectivity index (χ1) is 10.7. The van der Waals surface area contributed by atoms with Crippen LogP contribution < -0.4 is 5.32 Å². The van der Waals surface area contributed by atoms with E-state index in [1.165, 1.54) is 12.1 Å². The Kier molecular flexibility index (Phi) is 4.72. The number of non-ortho nitro benzene ring substituents is 1. The Labute approximate surface area is 133 Å². The van der Waals surface area contributed by atoms with Crippen molar-refractivity contribution in [3.63, 3.8) is 0 Å². The summed E-state index contributed by atoms with van der Waals surface area (Å²) in [7, 11) is 0. The number of nitrogens with zero attached hydrogens (tertiary/aromatic N) is 2. The van der Waals surface area contributed by atoms with E-state index in [1.807, 2.05) is 0 Å². The van der Waals surface area contributed by atoms with E-state index in [4.69, 9.17) is 4.74 Å². The van der Waals surface area contributed by atoms with Gasteiger partial charge in [-0.15, -0.1) is 0 Å². The van der Waals surface area contributed by atoms with Gasteiger partial charge in [-0.1, -0.05) is 0 Å². The Morgan fingerprint density at radius 3 is 2.74 bits per heavy atom. The molecule has 1 aliphatic heterocycles. The number of nitro benzene ring substituents is 1. The third-order valence-electron chi connectivity index (χ3n) is 3.36. The van der Waals surface area contributed by atoms with E-state index in [1.54, 1.807) is 25.7 Å². The lowest BCUT2D eigenvalue weighted by Gasteiger charge is -2.24. The minimum absolute atomic E-state index is 0.126. The second-order valence-corrected chi connectivity index (χ2v) is 6.48. The lowest BCUT2D eigenvalue weighted by molar-refractivity contribution is -0.385. The van der Waals surface area contributed by atoms with Crippen LogP contribution in [0.5, 0.6) is 0 Å². The number of benzene rings is 1. The maximum absolute atomic E-state index is 13.9. The van der Waals surface area contributed by atoms with Crippen molar-refractivity contribution in [1.82, 2.24) is 4.90 Å². The summed E-state index contributed by atoms with van der Waals surface area (Å²) >= 11 is 0. The highest BCUT2D eigenvalue weighted by Crippen LogP contribution is 2.23. The molecule has 1 N–H and O–H groups in total. The second kappa shape index (κ2) is 6.39. The topological polar surface area (TPSA) is 84.7 Å². The third kappa shape index (κ3) is 4.54. The molecule has 0 aromatic heterocycles. The largest absolute Gasteiger partial charge is 0.444 e. The van der Waals surface area contributed by atoms with Crippen molar-refractivity contribution in [3.8, 4) is 0 Å². The zero-order valence-corrected chi connectivity index (χ0v) is 13.3. The van der Waals surface area contributed by atoms with Gasteiger partial charge in [0.1, 0.15) is 5.60 Å². The fourth-order valence-electron chi connectivity index (χ4n) is 2.32. The molecule has 1 heterocycles. The zero-order chi connectivity index (χ0) is 17.2. The molecule has 0 radical (unpaired) electrons. The summed E-state index contributed by atoms with van der Waals surface area (Å²) in [6, 6.07) is 3.33. The van der Waals surface area contributed by atoms with E-state index >= 15 is 0 Å². The smallest absolute Gasteiger partial charge is 0.410 e. The fraction of sp³-hybridized carbons (Fsp3) is 0.533. The SMILES string of the molecule is CC(C)(C)OC(=O)N1CCC(Nc2ccc([N+](=O)[O-])cc2F)C1. The highest BCUT2D eigenvalue weighted by atomic mass is 19.1. The number of likely N-dealkylation sites (tertiary alicyclic amines) is 1. The Bertz CT molecular complexity index is 615. The van der Waals surface area contributed by atoms with E-state index in [9.17, 15) is 19.3 Å². The first-order valence-corrected chi connectivity index (χ1v) is 7.34. The van der Waals surface area contributed by atoms with Crippen LogP contribution in [-0.2, 0) is 4.74 Å². The molecule has 0 saturated carbocycles. The maximum atomic E-state index is 13.9. The van der Waals surface area contributed by atoms with Crippen LogP contribution in [-0.4, -0.2) is 40.6 Å². The van der Waals surface area contributed by atoms with Gasteiger partial charge in [0.05, 0.1) is 16.7 Å². The standard InChI is InChI=1S/C15H20FN3O4/c1-15(2,3)23-14(20)18-7-6-10(9-18)17-13-5-4-11(19(21)22)8-12(13)16/h4-5,8,10,17H,6-7,9H2,1-3H3. The number of amides is 1. The number of carbonyl (C=O) groups is 1. The summed E-state index contributed by atoms with van der Waals surface area (Å²) in [6.45, 7) is 6.29. The zero-order valence-electron chi connectivity index (χ0n) is 13.3. The number of carbonyl (C=O) groups excluding carboxylic acids is 1. The summed E-state index contributed by atoms with van der Waals surface area (Å²) in [5.74, 6) is -0.685. The molecule has 126 valence electrons. The van der Waals surface area contributed by atoms with Crippen LogP contribution >= 0.6 is 0 Å². The van der Waals surface area contributed by atoms with Crippen LogP contribution in [0.15, 0.2) is 18.2 Å². The molecule has 1 aromatic carbocycles. The van der Waals surface area contributed by atoms with E-state index in [2.05, 4.69) is 5.32 Å². The summed E-state index contributed by atoms with van der Waals surface area (Å²) in [6.07, 6.45) is 0.251. The third-order valence-corrected chi connectivity index (χ3v) is 3.36. The van der Waals surface area contributed by atoms with Gasteiger partial charge in [0.15, 0.2) is 5.82 Å². The number of nitrogens with one attached hydrogen (secondary N) is 1. The molecule has 1 atom stereocenters.